The van der Waals surface area contributed by atoms with E-state index in [9.17, 15) is 0 Å². The monoisotopic (exact) mass is 192 g/mol. The van der Waals surface area contributed by atoms with E-state index in [1.807, 2.05) is 0 Å². The number of hydrogen-bond acceptors (Lipinski definition) is 2. The molecule has 0 atom stereocenters. The maximum Gasteiger partial charge on any atom is 0.0628 e. The molecule has 14 heavy (non-hydrogen) atoms. The fourth-order valence-corrected chi connectivity index (χ4v) is 2.43. The number of hydrogen-bond donors (Lipinski definition) is 1. The second-order valence-corrected chi connectivity index (χ2v) is 5.05. The third-order valence-electron chi connectivity index (χ3n) is 3.78. The summed E-state index contributed by atoms with van der Waals surface area (Å²) in [5.41, 5.74) is 0.381. The van der Waals surface area contributed by atoms with Gasteiger partial charge in [-0.1, -0.05) is 19.3 Å². The van der Waals surface area contributed by atoms with Crippen LogP contribution in [0.4, 0.5) is 0 Å². The zero-order chi connectivity index (χ0) is 9.86. The Balaban J connectivity index is 1.69. The lowest BCUT2D eigenvalue weighted by Gasteiger charge is -2.25. The summed E-state index contributed by atoms with van der Waals surface area (Å²) < 4.78 is 0. The lowest BCUT2D eigenvalue weighted by Crippen LogP contribution is -2.35. The van der Waals surface area contributed by atoms with Gasteiger partial charge in [-0.15, -0.1) is 0 Å². The van der Waals surface area contributed by atoms with E-state index in [1.54, 1.807) is 0 Å². The number of rotatable bonds is 4. The van der Waals surface area contributed by atoms with Gasteiger partial charge in [0.25, 0.3) is 0 Å². The second-order valence-electron chi connectivity index (χ2n) is 5.05. The summed E-state index contributed by atoms with van der Waals surface area (Å²) >= 11 is 0. The van der Waals surface area contributed by atoms with Gasteiger partial charge in [0, 0.05) is 19.0 Å². The lowest BCUT2D eigenvalue weighted by atomic mass is 9.94. The van der Waals surface area contributed by atoms with Crippen molar-refractivity contribution in [1.82, 2.24) is 5.32 Å². The van der Waals surface area contributed by atoms with Crippen molar-refractivity contribution >= 4 is 0 Å². The first kappa shape index (κ1) is 9.98. The van der Waals surface area contributed by atoms with Gasteiger partial charge in [-0.25, -0.2) is 0 Å². The average molecular weight is 192 g/mol. The molecule has 0 aliphatic heterocycles. The summed E-state index contributed by atoms with van der Waals surface area (Å²) in [6, 6.07) is 3.07. The van der Waals surface area contributed by atoms with E-state index < -0.39 is 0 Å². The standard InChI is InChI=1S/C12H20N2/c13-9-8-12(6-7-12)10-14-11-4-2-1-3-5-11/h11,14H,1-8,10H2. The van der Waals surface area contributed by atoms with Crippen molar-refractivity contribution in [3.05, 3.63) is 0 Å². The average Bonchev–Trinajstić information content (AvgIpc) is 2.98. The molecule has 0 aromatic carbocycles. The quantitative estimate of drug-likeness (QED) is 0.743. The third kappa shape index (κ3) is 2.48. The molecule has 0 radical (unpaired) electrons. The molecule has 78 valence electrons. The molecule has 0 amide bonds. The zero-order valence-corrected chi connectivity index (χ0v) is 8.89. The van der Waals surface area contributed by atoms with Crippen molar-refractivity contribution in [3.63, 3.8) is 0 Å². The minimum atomic E-state index is 0.381. The molecule has 2 heteroatoms. The first-order valence-electron chi connectivity index (χ1n) is 5.95. The number of nitrogens with zero attached hydrogens (tertiary/aromatic N) is 1. The smallest absolute Gasteiger partial charge is 0.0628 e. The highest BCUT2D eigenvalue weighted by Crippen LogP contribution is 2.48. The fourth-order valence-electron chi connectivity index (χ4n) is 2.43. The maximum atomic E-state index is 8.70. The topological polar surface area (TPSA) is 35.8 Å². The Morgan fingerprint density at radius 2 is 1.93 bits per heavy atom. The highest BCUT2D eigenvalue weighted by atomic mass is 14.9. The van der Waals surface area contributed by atoms with Crippen molar-refractivity contribution in [3.8, 4) is 6.07 Å². The molecule has 0 unspecified atom stereocenters. The van der Waals surface area contributed by atoms with Crippen LogP contribution in [0.3, 0.4) is 0 Å². The van der Waals surface area contributed by atoms with Crippen LogP contribution in [-0.2, 0) is 0 Å². The Kier molecular flexibility index (Phi) is 3.08. The molecule has 2 nitrogen and oxygen atoms in total. The third-order valence-corrected chi connectivity index (χ3v) is 3.78. The van der Waals surface area contributed by atoms with Crippen molar-refractivity contribution in [1.29, 1.82) is 5.26 Å². The molecule has 0 spiro atoms. The van der Waals surface area contributed by atoms with Crippen LogP contribution in [0.5, 0.6) is 0 Å². The summed E-state index contributed by atoms with van der Waals surface area (Å²) in [4.78, 5) is 0. The highest BCUT2D eigenvalue weighted by molar-refractivity contribution is 5.01. The molecule has 0 saturated heterocycles. The lowest BCUT2D eigenvalue weighted by molar-refractivity contribution is 0.339. The number of nitriles is 1. The van der Waals surface area contributed by atoms with Gasteiger partial charge in [0.1, 0.15) is 0 Å². The summed E-state index contributed by atoms with van der Waals surface area (Å²) in [5.74, 6) is 0. The predicted octanol–water partition coefficient (Wildman–Crippen LogP) is 2.60. The largest absolute Gasteiger partial charge is 0.313 e. The summed E-state index contributed by atoms with van der Waals surface area (Å²) in [5, 5.41) is 12.4. The van der Waals surface area contributed by atoms with E-state index in [0.29, 0.717) is 5.41 Å². The van der Waals surface area contributed by atoms with Gasteiger partial charge in [0.05, 0.1) is 6.07 Å². The predicted molar refractivity (Wildman–Crippen MR) is 56.8 cm³/mol. The van der Waals surface area contributed by atoms with Crippen LogP contribution in [0, 0.1) is 16.7 Å². The first-order valence-corrected chi connectivity index (χ1v) is 5.95. The molecule has 2 rings (SSSR count). The molecule has 1 N–H and O–H groups in total. The van der Waals surface area contributed by atoms with Crippen LogP contribution in [-0.4, -0.2) is 12.6 Å². The Morgan fingerprint density at radius 1 is 1.21 bits per heavy atom. The van der Waals surface area contributed by atoms with Gasteiger partial charge in [-0.05, 0) is 31.1 Å². The van der Waals surface area contributed by atoms with E-state index >= 15 is 0 Å². The normalized spacial score (nSPS) is 25.6. The number of nitrogens with one attached hydrogen (secondary N) is 1. The fraction of sp³-hybridized carbons (Fsp3) is 0.917. The molecule has 2 aliphatic rings. The second kappa shape index (κ2) is 4.31. The molecule has 0 aromatic heterocycles. The first-order chi connectivity index (χ1) is 6.85. The van der Waals surface area contributed by atoms with Crippen LogP contribution in [0.2, 0.25) is 0 Å². The highest BCUT2D eigenvalue weighted by Gasteiger charge is 2.42. The van der Waals surface area contributed by atoms with Crippen molar-refractivity contribution in [2.45, 2.75) is 57.4 Å². The Morgan fingerprint density at radius 3 is 2.50 bits per heavy atom. The van der Waals surface area contributed by atoms with E-state index in [4.69, 9.17) is 5.26 Å². The van der Waals surface area contributed by atoms with Crippen molar-refractivity contribution in [2.24, 2.45) is 5.41 Å². The molecule has 0 bridgehead atoms. The van der Waals surface area contributed by atoms with Gasteiger partial charge in [0.15, 0.2) is 0 Å². The van der Waals surface area contributed by atoms with Gasteiger partial charge in [-0.3, -0.25) is 0 Å². The van der Waals surface area contributed by atoms with E-state index in [-0.39, 0.29) is 0 Å². The Hall–Kier alpha value is -0.550. The Bertz CT molecular complexity index is 219. The summed E-state index contributed by atoms with van der Waals surface area (Å²) in [6.45, 7) is 1.09. The van der Waals surface area contributed by atoms with Crippen LogP contribution < -0.4 is 5.32 Å². The van der Waals surface area contributed by atoms with E-state index in [2.05, 4.69) is 11.4 Å². The molecular weight excluding hydrogens is 172 g/mol. The van der Waals surface area contributed by atoms with Gasteiger partial charge in [0.2, 0.25) is 0 Å². The molecular formula is C12H20N2. The minimum Gasteiger partial charge on any atom is -0.313 e. The van der Waals surface area contributed by atoms with Gasteiger partial charge >= 0.3 is 0 Å². The van der Waals surface area contributed by atoms with Gasteiger partial charge < -0.3 is 5.32 Å². The van der Waals surface area contributed by atoms with Crippen LogP contribution >= 0.6 is 0 Å². The molecule has 2 aliphatic carbocycles. The SMILES string of the molecule is N#CCC1(CNC2CCCCC2)CC1. The maximum absolute atomic E-state index is 8.70. The van der Waals surface area contributed by atoms with Crippen molar-refractivity contribution in [2.75, 3.05) is 6.54 Å². The van der Waals surface area contributed by atoms with Crippen LogP contribution in [0.1, 0.15) is 51.4 Å². The van der Waals surface area contributed by atoms with Crippen LogP contribution in [0.25, 0.3) is 0 Å². The molecule has 0 aromatic rings. The van der Waals surface area contributed by atoms with E-state index in [0.717, 1.165) is 19.0 Å². The van der Waals surface area contributed by atoms with Crippen LogP contribution in [0.15, 0.2) is 0 Å². The van der Waals surface area contributed by atoms with E-state index in [1.165, 1.54) is 44.9 Å². The Labute approximate surface area is 86.7 Å². The molecule has 2 fully saturated rings. The summed E-state index contributed by atoms with van der Waals surface area (Å²) in [6.07, 6.45) is 10.2. The molecule has 0 heterocycles. The summed E-state index contributed by atoms with van der Waals surface area (Å²) in [7, 11) is 0. The van der Waals surface area contributed by atoms with Crippen molar-refractivity contribution < 1.29 is 0 Å². The zero-order valence-electron chi connectivity index (χ0n) is 8.89. The minimum absolute atomic E-state index is 0.381. The van der Waals surface area contributed by atoms with Gasteiger partial charge in [-0.2, -0.15) is 5.26 Å². The molecule has 2 saturated carbocycles.